The molecule has 3 aromatic heterocycles. The minimum absolute atomic E-state index is 0.0676. The molecule has 0 unspecified atom stereocenters. The molecule has 0 fully saturated rings. The highest BCUT2D eigenvalue weighted by Gasteiger charge is 2.16. The summed E-state index contributed by atoms with van der Waals surface area (Å²) in [5.41, 5.74) is 1.10. The quantitative estimate of drug-likeness (QED) is 0.604. The van der Waals surface area contributed by atoms with E-state index in [-0.39, 0.29) is 22.8 Å². The first-order valence-electron chi connectivity index (χ1n) is 7.74. The topological polar surface area (TPSA) is 107 Å². The number of benzene rings is 1. The second-order valence-electron chi connectivity index (χ2n) is 5.34. The number of rotatable bonds is 4. The first kappa shape index (κ1) is 15.7. The van der Waals surface area contributed by atoms with E-state index in [0.717, 1.165) is 5.56 Å². The van der Waals surface area contributed by atoms with E-state index < -0.39 is 0 Å². The van der Waals surface area contributed by atoms with Crippen LogP contribution in [0, 0.1) is 0 Å². The van der Waals surface area contributed by atoms with Crippen LogP contribution in [0.1, 0.15) is 0 Å². The Morgan fingerprint density at radius 2 is 1.96 bits per heavy atom. The molecule has 26 heavy (non-hydrogen) atoms. The van der Waals surface area contributed by atoms with E-state index >= 15 is 0 Å². The van der Waals surface area contributed by atoms with Gasteiger partial charge in [0, 0.05) is 24.0 Å². The average molecular weight is 347 g/mol. The summed E-state index contributed by atoms with van der Waals surface area (Å²) >= 11 is 0. The number of aromatic amines is 1. The van der Waals surface area contributed by atoms with Gasteiger partial charge in [-0.1, -0.05) is 35.5 Å². The molecule has 3 heterocycles. The van der Waals surface area contributed by atoms with Crippen molar-refractivity contribution >= 4 is 0 Å². The van der Waals surface area contributed by atoms with E-state index in [4.69, 9.17) is 9.26 Å². The average Bonchev–Trinajstić information content (AvgIpc) is 3.18. The van der Waals surface area contributed by atoms with E-state index in [0.29, 0.717) is 17.3 Å². The standard InChI is InChI=1S/C18H13N5O3/c1-25-12-7-8-19-14(9-12)16-22-18(26-23-16)13-10-20-15(21-17(13)24)11-5-3-2-4-6-11/h2-10H,1H3,(H,20,21,24). The van der Waals surface area contributed by atoms with Gasteiger partial charge in [0.2, 0.25) is 5.82 Å². The Balaban J connectivity index is 1.68. The molecular weight excluding hydrogens is 334 g/mol. The van der Waals surface area contributed by atoms with Crippen LogP contribution in [0.3, 0.4) is 0 Å². The van der Waals surface area contributed by atoms with Crippen molar-refractivity contribution in [3.05, 3.63) is 65.2 Å². The van der Waals surface area contributed by atoms with Crippen LogP contribution >= 0.6 is 0 Å². The number of hydrogen-bond donors (Lipinski definition) is 1. The third kappa shape index (κ3) is 2.95. The van der Waals surface area contributed by atoms with Gasteiger partial charge in [0.05, 0.1) is 7.11 Å². The molecule has 0 aliphatic carbocycles. The van der Waals surface area contributed by atoms with Crippen LogP contribution in [0.5, 0.6) is 5.75 Å². The normalized spacial score (nSPS) is 10.7. The van der Waals surface area contributed by atoms with Crippen LogP contribution in [-0.2, 0) is 0 Å². The Bertz CT molecular complexity index is 1110. The van der Waals surface area contributed by atoms with Crippen molar-refractivity contribution in [3.8, 4) is 40.1 Å². The molecule has 0 aliphatic heterocycles. The molecule has 0 saturated heterocycles. The number of hydrogen-bond acceptors (Lipinski definition) is 7. The number of ether oxygens (including phenoxy) is 1. The first-order chi connectivity index (χ1) is 12.7. The zero-order valence-electron chi connectivity index (χ0n) is 13.7. The lowest BCUT2D eigenvalue weighted by atomic mass is 10.2. The van der Waals surface area contributed by atoms with Gasteiger partial charge in [0.25, 0.3) is 11.4 Å². The summed E-state index contributed by atoms with van der Waals surface area (Å²) in [6.07, 6.45) is 2.99. The molecule has 1 N–H and O–H groups in total. The second kappa shape index (κ2) is 6.60. The third-order valence-electron chi connectivity index (χ3n) is 3.70. The molecular formula is C18H13N5O3. The lowest BCUT2D eigenvalue weighted by Gasteiger charge is -2.00. The molecule has 0 bridgehead atoms. The summed E-state index contributed by atoms with van der Waals surface area (Å²) in [6, 6.07) is 12.7. The maximum atomic E-state index is 12.4. The van der Waals surface area contributed by atoms with Gasteiger partial charge in [-0.05, 0) is 6.07 Å². The highest BCUT2D eigenvalue weighted by Crippen LogP contribution is 2.22. The lowest BCUT2D eigenvalue weighted by Crippen LogP contribution is -2.11. The van der Waals surface area contributed by atoms with Gasteiger partial charge in [-0.2, -0.15) is 4.98 Å². The van der Waals surface area contributed by atoms with E-state index in [9.17, 15) is 4.79 Å². The van der Waals surface area contributed by atoms with Crippen LogP contribution in [-0.4, -0.2) is 32.2 Å². The Labute approximate surface area is 147 Å². The van der Waals surface area contributed by atoms with Crippen molar-refractivity contribution in [1.82, 2.24) is 25.1 Å². The van der Waals surface area contributed by atoms with Crippen molar-refractivity contribution in [2.24, 2.45) is 0 Å². The highest BCUT2D eigenvalue weighted by molar-refractivity contribution is 5.59. The van der Waals surface area contributed by atoms with Crippen molar-refractivity contribution in [2.45, 2.75) is 0 Å². The SMILES string of the molecule is COc1ccnc(-c2noc(-c3cnc(-c4ccccc4)[nH]c3=O)n2)c1. The minimum atomic E-state index is -0.368. The van der Waals surface area contributed by atoms with Gasteiger partial charge < -0.3 is 14.2 Å². The van der Waals surface area contributed by atoms with Crippen LogP contribution in [0.15, 0.2) is 64.2 Å². The molecule has 0 spiro atoms. The molecule has 4 rings (SSSR count). The number of nitrogens with one attached hydrogen (secondary N) is 1. The molecule has 128 valence electrons. The Hall–Kier alpha value is -3.81. The molecule has 8 nitrogen and oxygen atoms in total. The predicted molar refractivity (Wildman–Crippen MR) is 93.4 cm³/mol. The zero-order chi connectivity index (χ0) is 17.9. The van der Waals surface area contributed by atoms with Crippen LogP contribution in [0.4, 0.5) is 0 Å². The summed E-state index contributed by atoms with van der Waals surface area (Å²) < 4.78 is 10.4. The maximum Gasteiger partial charge on any atom is 0.265 e. The number of aromatic nitrogens is 5. The summed E-state index contributed by atoms with van der Waals surface area (Å²) in [7, 11) is 1.56. The zero-order valence-corrected chi connectivity index (χ0v) is 13.7. The number of pyridine rings is 1. The predicted octanol–water partition coefficient (Wildman–Crippen LogP) is 2.56. The molecule has 0 amide bonds. The number of nitrogens with zero attached hydrogens (tertiary/aromatic N) is 4. The van der Waals surface area contributed by atoms with Crippen molar-refractivity contribution in [3.63, 3.8) is 0 Å². The van der Waals surface area contributed by atoms with Gasteiger partial charge in [-0.25, -0.2) is 4.98 Å². The van der Waals surface area contributed by atoms with E-state index in [1.54, 1.807) is 25.4 Å². The molecule has 4 aromatic rings. The number of H-pyrrole nitrogens is 1. The number of methoxy groups -OCH3 is 1. The van der Waals surface area contributed by atoms with Gasteiger partial charge in [0.15, 0.2) is 0 Å². The summed E-state index contributed by atoms with van der Waals surface area (Å²) in [5.74, 6) is 1.41. The molecule has 0 atom stereocenters. The van der Waals surface area contributed by atoms with Crippen molar-refractivity contribution in [2.75, 3.05) is 7.11 Å². The molecule has 0 radical (unpaired) electrons. The maximum absolute atomic E-state index is 12.4. The second-order valence-corrected chi connectivity index (χ2v) is 5.34. The van der Waals surface area contributed by atoms with Gasteiger partial charge >= 0.3 is 0 Å². The Morgan fingerprint density at radius 3 is 2.73 bits per heavy atom. The van der Waals surface area contributed by atoms with Gasteiger partial charge in [-0.15, -0.1) is 0 Å². The first-order valence-corrected chi connectivity index (χ1v) is 7.74. The molecule has 0 aliphatic rings. The fraction of sp³-hybridized carbons (Fsp3) is 0.0556. The van der Waals surface area contributed by atoms with E-state index in [1.807, 2.05) is 30.3 Å². The lowest BCUT2D eigenvalue weighted by molar-refractivity contribution is 0.414. The fourth-order valence-corrected chi connectivity index (χ4v) is 2.39. The van der Waals surface area contributed by atoms with Crippen molar-refractivity contribution < 1.29 is 9.26 Å². The van der Waals surface area contributed by atoms with Crippen LogP contribution in [0.2, 0.25) is 0 Å². The van der Waals surface area contributed by atoms with Gasteiger partial charge in [0.1, 0.15) is 22.8 Å². The largest absolute Gasteiger partial charge is 0.497 e. The monoisotopic (exact) mass is 347 g/mol. The summed E-state index contributed by atoms with van der Waals surface area (Å²) in [4.78, 5) is 27.8. The minimum Gasteiger partial charge on any atom is -0.497 e. The Kier molecular flexibility index (Phi) is 3.98. The van der Waals surface area contributed by atoms with Gasteiger partial charge in [-0.3, -0.25) is 9.78 Å². The summed E-state index contributed by atoms with van der Waals surface area (Å²) in [6.45, 7) is 0. The molecule has 1 aromatic carbocycles. The summed E-state index contributed by atoms with van der Waals surface area (Å²) in [5, 5.41) is 3.88. The van der Waals surface area contributed by atoms with Crippen molar-refractivity contribution in [1.29, 1.82) is 0 Å². The van der Waals surface area contributed by atoms with Crippen LogP contribution < -0.4 is 10.3 Å². The van der Waals surface area contributed by atoms with E-state index in [2.05, 4.69) is 25.1 Å². The smallest absolute Gasteiger partial charge is 0.265 e. The van der Waals surface area contributed by atoms with E-state index in [1.165, 1.54) is 6.20 Å². The highest BCUT2D eigenvalue weighted by atomic mass is 16.5. The molecule has 0 saturated carbocycles. The third-order valence-corrected chi connectivity index (χ3v) is 3.70. The Morgan fingerprint density at radius 1 is 1.12 bits per heavy atom. The fourth-order valence-electron chi connectivity index (χ4n) is 2.39. The molecule has 8 heteroatoms. The van der Waals surface area contributed by atoms with Crippen LogP contribution in [0.25, 0.3) is 34.4 Å².